The first-order valence-corrected chi connectivity index (χ1v) is 7.85. The number of aryl methyl sites for hydroxylation is 1. The second kappa shape index (κ2) is 8.82. The van der Waals surface area contributed by atoms with Gasteiger partial charge in [0.25, 0.3) is 0 Å². The molecule has 0 aliphatic carbocycles. The molecule has 0 radical (unpaired) electrons. The molecule has 0 saturated carbocycles. The van der Waals surface area contributed by atoms with Gasteiger partial charge in [0.2, 0.25) is 5.91 Å². The number of benzene rings is 2. The Bertz CT molecular complexity index is 671. The highest BCUT2D eigenvalue weighted by Crippen LogP contribution is 2.16. The Balaban J connectivity index is 1.80. The lowest BCUT2D eigenvalue weighted by molar-refractivity contribution is -0.138. The highest BCUT2D eigenvalue weighted by atomic mass is 19.1. The summed E-state index contributed by atoms with van der Waals surface area (Å²) in [4.78, 5) is 23.2. The van der Waals surface area contributed by atoms with Crippen molar-refractivity contribution in [3.63, 3.8) is 0 Å². The molecule has 0 bridgehead atoms. The second-order valence-electron chi connectivity index (χ2n) is 5.59. The van der Waals surface area contributed by atoms with Crippen LogP contribution < -0.4 is 5.32 Å². The molecule has 0 fully saturated rings. The SMILES string of the molecule is O=C(CCCc1ccccc1)NCC(C(=O)O)c1ccc(F)cc1. The maximum Gasteiger partial charge on any atom is 0.312 e. The Hall–Kier alpha value is -2.69. The molecule has 24 heavy (non-hydrogen) atoms. The summed E-state index contributed by atoms with van der Waals surface area (Å²) in [5, 5.41) is 11.9. The first-order chi connectivity index (χ1) is 11.6. The van der Waals surface area contributed by atoms with Gasteiger partial charge in [-0.2, -0.15) is 0 Å². The number of aliphatic carboxylic acids is 1. The average molecular weight is 329 g/mol. The van der Waals surface area contributed by atoms with Gasteiger partial charge in [0.05, 0.1) is 5.92 Å². The van der Waals surface area contributed by atoms with Crippen molar-refractivity contribution >= 4 is 11.9 Å². The number of hydrogen-bond acceptors (Lipinski definition) is 2. The summed E-state index contributed by atoms with van der Waals surface area (Å²) < 4.78 is 12.9. The summed E-state index contributed by atoms with van der Waals surface area (Å²) in [5.74, 6) is -2.54. The molecule has 2 rings (SSSR count). The van der Waals surface area contributed by atoms with Crippen molar-refractivity contribution in [3.8, 4) is 0 Å². The zero-order chi connectivity index (χ0) is 17.4. The predicted octanol–water partition coefficient (Wildman–Crippen LogP) is 3.13. The molecular formula is C19H20FNO3. The van der Waals surface area contributed by atoms with E-state index in [9.17, 15) is 19.1 Å². The number of rotatable bonds is 8. The lowest BCUT2D eigenvalue weighted by atomic mass is 9.99. The van der Waals surface area contributed by atoms with E-state index in [0.717, 1.165) is 6.42 Å². The molecule has 0 heterocycles. The van der Waals surface area contributed by atoms with Gasteiger partial charge >= 0.3 is 5.97 Å². The van der Waals surface area contributed by atoms with E-state index in [4.69, 9.17) is 0 Å². The van der Waals surface area contributed by atoms with Gasteiger partial charge in [0.1, 0.15) is 5.82 Å². The smallest absolute Gasteiger partial charge is 0.312 e. The minimum atomic E-state index is -1.05. The van der Waals surface area contributed by atoms with Gasteiger partial charge < -0.3 is 10.4 Å². The molecular weight excluding hydrogens is 309 g/mol. The van der Waals surface area contributed by atoms with Gasteiger partial charge in [0.15, 0.2) is 0 Å². The van der Waals surface area contributed by atoms with Crippen LogP contribution in [0, 0.1) is 5.82 Å². The first kappa shape index (κ1) is 17.7. The zero-order valence-corrected chi connectivity index (χ0v) is 13.2. The molecule has 1 amide bonds. The maximum atomic E-state index is 12.9. The van der Waals surface area contributed by atoms with E-state index >= 15 is 0 Å². The molecule has 2 aromatic carbocycles. The molecule has 0 aromatic heterocycles. The van der Waals surface area contributed by atoms with Crippen molar-refractivity contribution in [2.24, 2.45) is 0 Å². The van der Waals surface area contributed by atoms with Crippen molar-refractivity contribution in [1.82, 2.24) is 5.32 Å². The standard InChI is InChI=1S/C19H20FNO3/c20-16-11-9-15(10-12-16)17(19(23)24)13-21-18(22)8-4-7-14-5-2-1-3-6-14/h1-3,5-6,9-12,17H,4,7-8,13H2,(H,21,22)(H,23,24). The molecule has 4 nitrogen and oxygen atoms in total. The number of carboxylic acid groups (broad SMARTS) is 1. The van der Waals surface area contributed by atoms with E-state index < -0.39 is 17.7 Å². The van der Waals surface area contributed by atoms with Crippen LogP contribution in [0.15, 0.2) is 54.6 Å². The molecule has 0 saturated heterocycles. The number of carbonyl (C=O) groups is 2. The number of carboxylic acids is 1. The van der Waals surface area contributed by atoms with Crippen LogP contribution in [0.2, 0.25) is 0 Å². The van der Waals surface area contributed by atoms with Gasteiger partial charge in [-0.1, -0.05) is 42.5 Å². The fraction of sp³-hybridized carbons (Fsp3) is 0.263. The third-order valence-electron chi connectivity index (χ3n) is 3.79. The number of halogens is 1. The molecule has 0 aliphatic heterocycles. The number of hydrogen-bond donors (Lipinski definition) is 2. The largest absolute Gasteiger partial charge is 0.481 e. The first-order valence-electron chi connectivity index (χ1n) is 7.85. The molecule has 1 atom stereocenters. The topological polar surface area (TPSA) is 66.4 Å². The van der Waals surface area contributed by atoms with Gasteiger partial charge in [-0.05, 0) is 36.1 Å². The molecule has 2 N–H and O–H groups in total. The summed E-state index contributed by atoms with van der Waals surface area (Å²) in [7, 11) is 0. The fourth-order valence-electron chi connectivity index (χ4n) is 2.44. The van der Waals surface area contributed by atoms with Crippen LogP contribution in [0.5, 0.6) is 0 Å². The van der Waals surface area contributed by atoms with E-state index in [1.165, 1.54) is 29.8 Å². The Morgan fingerprint density at radius 1 is 1.04 bits per heavy atom. The second-order valence-corrected chi connectivity index (χ2v) is 5.59. The van der Waals surface area contributed by atoms with Gasteiger partial charge in [0, 0.05) is 13.0 Å². The average Bonchev–Trinajstić information content (AvgIpc) is 2.57. The normalized spacial score (nSPS) is 11.7. The van der Waals surface area contributed by atoms with Crippen LogP contribution in [0.25, 0.3) is 0 Å². The molecule has 5 heteroatoms. The molecule has 126 valence electrons. The highest BCUT2D eigenvalue weighted by Gasteiger charge is 2.20. The Morgan fingerprint density at radius 2 is 1.71 bits per heavy atom. The summed E-state index contributed by atoms with van der Waals surface area (Å²) >= 11 is 0. The molecule has 1 unspecified atom stereocenters. The monoisotopic (exact) mass is 329 g/mol. The van der Waals surface area contributed by atoms with Crippen molar-refractivity contribution < 1.29 is 19.1 Å². The van der Waals surface area contributed by atoms with Crippen molar-refractivity contribution in [3.05, 3.63) is 71.5 Å². The third-order valence-corrected chi connectivity index (χ3v) is 3.79. The highest BCUT2D eigenvalue weighted by molar-refractivity contribution is 5.79. The van der Waals surface area contributed by atoms with E-state index in [2.05, 4.69) is 5.32 Å². The summed E-state index contributed by atoms with van der Waals surface area (Å²) in [6.07, 6.45) is 1.84. The van der Waals surface area contributed by atoms with Crippen molar-refractivity contribution in [1.29, 1.82) is 0 Å². The molecule has 0 aliphatic rings. The van der Waals surface area contributed by atoms with Gasteiger partial charge in [-0.3, -0.25) is 9.59 Å². The lowest BCUT2D eigenvalue weighted by Gasteiger charge is -2.14. The third kappa shape index (κ3) is 5.50. The van der Waals surface area contributed by atoms with Gasteiger partial charge in [-0.25, -0.2) is 4.39 Å². The van der Waals surface area contributed by atoms with E-state index in [1.807, 2.05) is 30.3 Å². The van der Waals surface area contributed by atoms with Crippen molar-refractivity contribution in [2.45, 2.75) is 25.2 Å². The zero-order valence-electron chi connectivity index (χ0n) is 13.2. The van der Waals surface area contributed by atoms with Crippen LogP contribution in [-0.2, 0) is 16.0 Å². The number of amides is 1. The van der Waals surface area contributed by atoms with Crippen LogP contribution >= 0.6 is 0 Å². The Labute approximate surface area is 140 Å². The van der Waals surface area contributed by atoms with Crippen LogP contribution in [0.3, 0.4) is 0 Å². The molecule has 2 aromatic rings. The summed E-state index contributed by atoms with van der Waals surface area (Å²) in [6.45, 7) is -0.00879. The minimum absolute atomic E-state index is 0.00879. The van der Waals surface area contributed by atoms with E-state index in [1.54, 1.807) is 0 Å². The summed E-state index contributed by atoms with van der Waals surface area (Å²) in [5.41, 5.74) is 1.63. The minimum Gasteiger partial charge on any atom is -0.481 e. The maximum absolute atomic E-state index is 12.9. The summed E-state index contributed by atoms with van der Waals surface area (Å²) in [6, 6.07) is 15.1. The Kier molecular flexibility index (Phi) is 6.49. The van der Waals surface area contributed by atoms with Crippen LogP contribution in [0.1, 0.15) is 29.9 Å². The number of carbonyl (C=O) groups excluding carboxylic acids is 1. The van der Waals surface area contributed by atoms with E-state index in [0.29, 0.717) is 18.4 Å². The molecule has 0 spiro atoms. The Morgan fingerprint density at radius 3 is 2.33 bits per heavy atom. The van der Waals surface area contributed by atoms with Crippen LogP contribution in [-0.4, -0.2) is 23.5 Å². The van der Waals surface area contributed by atoms with Crippen LogP contribution in [0.4, 0.5) is 4.39 Å². The number of nitrogens with one attached hydrogen (secondary N) is 1. The van der Waals surface area contributed by atoms with Gasteiger partial charge in [-0.15, -0.1) is 0 Å². The van der Waals surface area contributed by atoms with E-state index in [-0.39, 0.29) is 12.5 Å². The fourth-order valence-corrected chi connectivity index (χ4v) is 2.44. The lowest BCUT2D eigenvalue weighted by Crippen LogP contribution is -2.31. The predicted molar refractivity (Wildman–Crippen MR) is 89.2 cm³/mol. The quantitative estimate of drug-likeness (QED) is 0.782. The van der Waals surface area contributed by atoms with Crippen molar-refractivity contribution in [2.75, 3.05) is 6.54 Å².